The van der Waals surface area contributed by atoms with Crippen molar-refractivity contribution in [1.29, 1.82) is 0 Å². The zero-order valence-corrected chi connectivity index (χ0v) is 11.4. The summed E-state index contributed by atoms with van der Waals surface area (Å²) < 4.78 is 5.44. The maximum absolute atomic E-state index is 11.0. The van der Waals surface area contributed by atoms with E-state index in [1.54, 1.807) is 0 Å². The van der Waals surface area contributed by atoms with Crippen LogP contribution in [0.2, 0.25) is 0 Å². The van der Waals surface area contributed by atoms with E-state index >= 15 is 0 Å². The number of rotatable bonds is 2. The van der Waals surface area contributed by atoms with Gasteiger partial charge in [-0.2, -0.15) is 0 Å². The molecule has 0 spiro atoms. The van der Waals surface area contributed by atoms with Crippen LogP contribution >= 0.6 is 0 Å². The molecule has 0 heterocycles. The maximum Gasteiger partial charge on any atom is 0.303 e. The minimum absolute atomic E-state index is 0.141. The van der Waals surface area contributed by atoms with Crippen LogP contribution in [0.15, 0.2) is 0 Å². The lowest BCUT2D eigenvalue weighted by molar-refractivity contribution is -0.161. The van der Waals surface area contributed by atoms with E-state index in [0.717, 1.165) is 11.8 Å². The van der Waals surface area contributed by atoms with E-state index in [9.17, 15) is 4.79 Å². The first kappa shape index (κ1) is 13.5. The second-order valence-electron chi connectivity index (χ2n) is 5.48. The Labute approximate surface area is 99.8 Å². The molecule has 94 valence electrons. The van der Waals surface area contributed by atoms with Crippen LogP contribution in [0.1, 0.15) is 60.3 Å². The highest BCUT2D eigenvalue weighted by molar-refractivity contribution is 5.66. The molecule has 2 aliphatic rings. The van der Waals surface area contributed by atoms with Crippen molar-refractivity contribution in [3.05, 3.63) is 0 Å². The molecule has 2 nitrogen and oxygen atoms in total. The van der Waals surface area contributed by atoms with Crippen molar-refractivity contribution in [2.24, 2.45) is 17.8 Å². The predicted molar refractivity (Wildman–Crippen MR) is 66.1 cm³/mol. The van der Waals surface area contributed by atoms with Gasteiger partial charge >= 0.3 is 5.97 Å². The van der Waals surface area contributed by atoms with Crippen LogP contribution in [-0.4, -0.2) is 11.6 Å². The average molecular weight is 226 g/mol. The number of hydrogen-bond donors (Lipinski definition) is 0. The lowest BCUT2D eigenvalue weighted by Crippen LogP contribution is -2.39. The summed E-state index contributed by atoms with van der Waals surface area (Å²) in [6.45, 7) is 9.65. The number of fused-ring (bicyclic) bond motifs is 2. The Bertz CT molecular complexity index is 245. The molecule has 16 heavy (non-hydrogen) atoms. The van der Waals surface area contributed by atoms with Crippen LogP contribution in [-0.2, 0) is 9.53 Å². The molecule has 0 aromatic rings. The van der Waals surface area contributed by atoms with Crippen LogP contribution in [0.5, 0.6) is 0 Å². The highest BCUT2D eigenvalue weighted by atomic mass is 16.6. The van der Waals surface area contributed by atoms with Gasteiger partial charge in [0.15, 0.2) is 0 Å². The van der Waals surface area contributed by atoms with Crippen molar-refractivity contribution in [3.8, 4) is 0 Å². The molecule has 0 aromatic carbocycles. The first-order chi connectivity index (χ1) is 7.49. The molecule has 0 radical (unpaired) electrons. The number of carbonyl (C=O) groups excluding carboxylic acids is 1. The predicted octanol–water partition coefficient (Wildman–Crippen LogP) is 3.79. The third-order valence-electron chi connectivity index (χ3n) is 4.04. The van der Waals surface area contributed by atoms with E-state index in [1.165, 1.54) is 32.6 Å². The van der Waals surface area contributed by atoms with Crippen molar-refractivity contribution < 1.29 is 9.53 Å². The van der Waals surface area contributed by atoms with E-state index in [2.05, 4.69) is 13.8 Å². The lowest BCUT2D eigenvalue weighted by atomic mass is 9.78. The molecule has 2 aliphatic carbocycles. The Morgan fingerprint density at radius 3 is 2.19 bits per heavy atom. The summed E-state index contributed by atoms with van der Waals surface area (Å²) in [5.41, 5.74) is -0.244. The van der Waals surface area contributed by atoms with Gasteiger partial charge in [0.2, 0.25) is 0 Å². The van der Waals surface area contributed by atoms with Gasteiger partial charge in [0, 0.05) is 12.8 Å². The average Bonchev–Trinajstić information content (AvgIpc) is 2.80. The van der Waals surface area contributed by atoms with Crippen molar-refractivity contribution in [3.63, 3.8) is 0 Å². The second kappa shape index (κ2) is 5.20. The molecule has 3 atom stereocenters. The molecular weight excluding hydrogens is 200 g/mol. The number of hydrogen-bond acceptors (Lipinski definition) is 2. The topological polar surface area (TPSA) is 26.3 Å². The van der Waals surface area contributed by atoms with Gasteiger partial charge in [0.25, 0.3) is 0 Å². The molecule has 0 N–H and O–H groups in total. The summed E-state index contributed by atoms with van der Waals surface area (Å²) >= 11 is 0. The van der Waals surface area contributed by atoms with Crippen molar-refractivity contribution in [2.75, 3.05) is 0 Å². The van der Waals surface area contributed by atoms with Crippen LogP contribution < -0.4 is 0 Å². The normalized spacial score (nSPS) is 31.9. The third kappa shape index (κ3) is 2.78. The Balaban J connectivity index is 0.000000606. The third-order valence-corrected chi connectivity index (χ3v) is 4.04. The Morgan fingerprint density at radius 1 is 1.19 bits per heavy atom. The highest BCUT2D eigenvalue weighted by Gasteiger charge is 2.47. The highest BCUT2D eigenvalue weighted by Crippen LogP contribution is 2.52. The summed E-state index contributed by atoms with van der Waals surface area (Å²) in [7, 11) is 0. The zero-order chi connectivity index (χ0) is 12.3. The largest absolute Gasteiger partial charge is 0.460 e. The first-order valence-corrected chi connectivity index (χ1v) is 6.68. The SMILES string of the molecule is CC.CC(=O)OC(C)(C)C1CC2CCC1C2. The van der Waals surface area contributed by atoms with Gasteiger partial charge in [0.1, 0.15) is 5.60 Å². The van der Waals surface area contributed by atoms with E-state index in [4.69, 9.17) is 4.74 Å². The van der Waals surface area contributed by atoms with Gasteiger partial charge in [-0.25, -0.2) is 0 Å². The molecule has 0 aliphatic heterocycles. The van der Waals surface area contributed by atoms with Gasteiger partial charge < -0.3 is 4.74 Å². The van der Waals surface area contributed by atoms with E-state index < -0.39 is 0 Å². The fourth-order valence-electron chi connectivity index (χ4n) is 3.54. The summed E-state index contributed by atoms with van der Waals surface area (Å²) in [5.74, 6) is 2.19. The fourth-order valence-corrected chi connectivity index (χ4v) is 3.54. The molecule has 3 unspecified atom stereocenters. The summed E-state index contributed by atoms with van der Waals surface area (Å²) in [6, 6.07) is 0. The summed E-state index contributed by atoms with van der Waals surface area (Å²) in [5, 5.41) is 0. The summed E-state index contributed by atoms with van der Waals surface area (Å²) in [6.07, 6.45) is 5.39. The second-order valence-corrected chi connectivity index (χ2v) is 5.48. The monoisotopic (exact) mass is 226 g/mol. The standard InChI is InChI=1S/C12H20O2.C2H6/c1-8(13)14-12(2,3)11-7-9-4-5-10(11)6-9;1-2/h9-11H,4-7H2,1-3H3;1-2H3. The lowest BCUT2D eigenvalue weighted by Gasteiger charge is -2.36. The fraction of sp³-hybridized carbons (Fsp3) is 0.929. The zero-order valence-electron chi connectivity index (χ0n) is 11.4. The van der Waals surface area contributed by atoms with Gasteiger partial charge in [-0.05, 0) is 44.9 Å². The Kier molecular flexibility index (Phi) is 4.40. The molecule has 2 bridgehead atoms. The quantitative estimate of drug-likeness (QED) is 0.670. The van der Waals surface area contributed by atoms with Crippen LogP contribution in [0, 0.1) is 17.8 Å². The van der Waals surface area contributed by atoms with Crippen LogP contribution in [0.4, 0.5) is 0 Å². The van der Waals surface area contributed by atoms with Crippen molar-refractivity contribution in [2.45, 2.75) is 65.9 Å². The van der Waals surface area contributed by atoms with Gasteiger partial charge in [-0.3, -0.25) is 4.79 Å². The number of esters is 1. The van der Waals surface area contributed by atoms with E-state index in [-0.39, 0.29) is 11.6 Å². The van der Waals surface area contributed by atoms with Gasteiger partial charge in [0.05, 0.1) is 0 Å². The van der Waals surface area contributed by atoms with Crippen molar-refractivity contribution >= 4 is 5.97 Å². The molecule has 2 saturated carbocycles. The Hall–Kier alpha value is -0.530. The minimum Gasteiger partial charge on any atom is -0.460 e. The smallest absolute Gasteiger partial charge is 0.303 e. The first-order valence-electron chi connectivity index (χ1n) is 6.68. The van der Waals surface area contributed by atoms with Gasteiger partial charge in [-0.1, -0.05) is 20.3 Å². The molecule has 2 heteroatoms. The van der Waals surface area contributed by atoms with Crippen LogP contribution in [0.3, 0.4) is 0 Å². The molecule has 2 fully saturated rings. The molecule has 0 amide bonds. The molecule has 0 aromatic heterocycles. The van der Waals surface area contributed by atoms with Crippen LogP contribution in [0.25, 0.3) is 0 Å². The number of ether oxygens (including phenoxy) is 1. The van der Waals surface area contributed by atoms with E-state index in [1.807, 2.05) is 13.8 Å². The molecular formula is C14H26O2. The minimum atomic E-state index is -0.244. The van der Waals surface area contributed by atoms with Gasteiger partial charge in [-0.15, -0.1) is 0 Å². The number of carbonyl (C=O) groups is 1. The van der Waals surface area contributed by atoms with Crippen molar-refractivity contribution in [1.82, 2.24) is 0 Å². The Morgan fingerprint density at radius 2 is 1.81 bits per heavy atom. The summed E-state index contributed by atoms with van der Waals surface area (Å²) in [4.78, 5) is 11.0. The maximum atomic E-state index is 11.0. The molecule has 2 rings (SSSR count). The molecule has 0 saturated heterocycles. The van der Waals surface area contributed by atoms with E-state index in [0.29, 0.717) is 5.92 Å².